The number of aryl methyl sites for hydroxylation is 3. The Morgan fingerprint density at radius 3 is 1.65 bits per heavy atom. The second-order valence-corrected chi connectivity index (χ2v) is 21.4. The van der Waals surface area contributed by atoms with E-state index >= 15 is 0 Å². The molecular formula is C44H44F6Zr. The molecule has 0 N–H and O–H groups in total. The van der Waals surface area contributed by atoms with Gasteiger partial charge in [-0.3, -0.25) is 0 Å². The van der Waals surface area contributed by atoms with Gasteiger partial charge in [0, 0.05) is 0 Å². The third-order valence-corrected chi connectivity index (χ3v) is 18.9. The summed E-state index contributed by atoms with van der Waals surface area (Å²) in [4.78, 5) is 0. The standard InChI is InChI=1S/C17H17.C15H8F6.C12H19.Zr/c1-10-5-14-9-15-6-11(2)13(4)8-17(15)16(14)7-12(10)3;16-14(17,18)12-5-1-10(2-6-12)9-11-3-7-13(8-4-11)15(19,20)21;1-9(2)10-6-7-11(8-10)12(3,4)5;/h5,7-8H,9H2,1-4H3;1-8H;7-10H,1-5H3;. The molecule has 0 nitrogen and oxygen atoms in total. The van der Waals surface area contributed by atoms with Crippen LogP contribution in [0.5, 0.6) is 0 Å². The van der Waals surface area contributed by atoms with E-state index in [-0.39, 0.29) is 17.3 Å². The molecule has 0 aliphatic heterocycles. The van der Waals surface area contributed by atoms with E-state index in [0.717, 1.165) is 45.0 Å². The molecular weight excluding hydrogens is 734 g/mol. The van der Waals surface area contributed by atoms with E-state index in [1.54, 1.807) is 0 Å². The number of hydrogen-bond donors (Lipinski definition) is 0. The van der Waals surface area contributed by atoms with E-state index in [9.17, 15) is 26.3 Å². The summed E-state index contributed by atoms with van der Waals surface area (Å²) in [5.74, 6) is 0.310. The zero-order valence-corrected chi connectivity index (χ0v) is 33.1. The van der Waals surface area contributed by atoms with Gasteiger partial charge in [-0.05, 0) is 0 Å². The van der Waals surface area contributed by atoms with Crippen LogP contribution >= 0.6 is 0 Å². The molecule has 0 radical (unpaired) electrons. The van der Waals surface area contributed by atoms with Crippen molar-refractivity contribution in [2.75, 3.05) is 0 Å². The van der Waals surface area contributed by atoms with Crippen molar-refractivity contribution < 1.29 is 47.6 Å². The van der Waals surface area contributed by atoms with E-state index < -0.39 is 44.7 Å². The second kappa shape index (κ2) is 13.3. The topological polar surface area (TPSA) is 0 Å². The Morgan fingerprint density at radius 2 is 1.18 bits per heavy atom. The van der Waals surface area contributed by atoms with Crippen molar-refractivity contribution in [1.29, 1.82) is 0 Å². The zero-order chi connectivity index (χ0) is 37.4. The fourth-order valence-corrected chi connectivity index (χ4v) is 17.1. The van der Waals surface area contributed by atoms with E-state index in [2.05, 4.69) is 92.7 Å². The predicted octanol–water partition coefficient (Wildman–Crippen LogP) is 12.2. The van der Waals surface area contributed by atoms with Crippen LogP contribution < -0.4 is 3.27 Å². The molecule has 1 unspecified atom stereocenters. The average molecular weight is 778 g/mol. The third-order valence-electron chi connectivity index (χ3n) is 10.7. The van der Waals surface area contributed by atoms with Gasteiger partial charge in [-0.1, -0.05) is 0 Å². The number of rotatable bonds is 5. The predicted molar refractivity (Wildman–Crippen MR) is 193 cm³/mol. The maximum atomic E-state index is 13.9. The van der Waals surface area contributed by atoms with E-state index in [1.165, 1.54) is 69.8 Å². The van der Waals surface area contributed by atoms with Crippen LogP contribution in [0.1, 0.15) is 90.3 Å². The first-order valence-electron chi connectivity index (χ1n) is 17.4. The minimum absolute atomic E-state index is 0.0800. The third kappa shape index (κ3) is 7.09. The molecule has 0 saturated carbocycles. The molecule has 0 spiro atoms. The molecule has 2 aliphatic carbocycles. The Kier molecular flexibility index (Phi) is 9.75. The fraction of sp³-hybridized carbons (Fsp3) is 0.341. The Morgan fingerprint density at radius 1 is 0.686 bits per heavy atom. The van der Waals surface area contributed by atoms with E-state index in [1.807, 2.05) is 0 Å². The summed E-state index contributed by atoms with van der Waals surface area (Å²) in [5, 5.41) is 0. The molecule has 1 atom stereocenters. The fourth-order valence-electron chi connectivity index (χ4n) is 7.57. The van der Waals surface area contributed by atoms with Crippen LogP contribution in [0.4, 0.5) is 26.3 Å². The van der Waals surface area contributed by atoms with Crippen LogP contribution in [0, 0.1) is 44.9 Å². The van der Waals surface area contributed by atoms with Gasteiger partial charge < -0.3 is 0 Å². The molecule has 0 saturated heterocycles. The summed E-state index contributed by atoms with van der Waals surface area (Å²) >= 11 is -3.57. The van der Waals surface area contributed by atoms with Crippen molar-refractivity contribution in [3.63, 3.8) is 0 Å². The molecule has 51 heavy (non-hydrogen) atoms. The quantitative estimate of drug-likeness (QED) is 0.156. The van der Waals surface area contributed by atoms with Crippen molar-refractivity contribution in [3.05, 3.63) is 143 Å². The number of alkyl halides is 6. The molecule has 0 aromatic heterocycles. The Hall–Kier alpha value is -3.31. The van der Waals surface area contributed by atoms with Crippen LogP contribution in [0.15, 0.2) is 87.7 Å². The van der Waals surface area contributed by atoms with Gasteiger partial charge in [0.15, 0.2) is 0 Å². The number of benzene rings is 4. The van der Waals surface area contributed by atoms with Gasteiger partial charge in [-0.15, -0.1) is 0 Å². The molecule has 4 aromatic rings. The van der Waals surface area contributed by atoms with Gasteiger partial charge in [0.05, 0.1) is 0 Å². The summed E-state index contributed by atoms with van der Waals surface area (Å²) in [6, 6.07) is 17.3. The molecule has 0 fully saturated rings. The van der Waals surface area contributed by atoms with Crippen molar-refractivity contribution in [2.45, 2.75) is 81.1 Å². The minimum atomic E-state index is -4.52. The van der Waals surface area contributed by atoms with Gasteiger partial charge >= 0.3 is 307 Å². The maximum absolute atomic E-state index is 13.9. The SMILES string of the molecule is Cc1cc2c(cc1C)-c1cc(C)c(C)[c]([Zr]([C]3=CC(C(C)(C)C)=CC3C(C)C)=[C](c3ccc(C(F)(F)F)cc3)c3ccc(C(F)(F)F)cc3)c1C2. The monoisotopic (exact) mass is 776 g/mol. The summed E-state index contributed by atoms with van der Waals surface area (Å²) in [5.41, 5.74) is 10.4. The second-order valence-electron chi connectivity index (χ2n) is 15.6. The molecule has 0 bridgehead atoms. The summed E-state index contributed by atoms with van der Waals surface area (Å²) in [6.07, 6.45) is -3.60. The normalized spacial score (nSPS) is 15.9. The van der Waals surface area contributed by atoms with Crippen molar-refractivity contribution in [3.8, 4) is 11.1 Å². The van der Waals surface area contributed by atoms with Crippen LogP contribution in [-0.4, -0.2) is 3.21 Å². The molecule has 0 amide bonds. The number of hydrogen-bond acceptors (Lipinski definition) is 0. The van der Waals surface area contributed by atoms with Crippen molar-refractivity contribution in [1.82, 2.24) is 0 Å². The first kappa shape index (κ1) is 37.5. The van der Waals surface area contributed by atoms with Gasteiger partial charge in [0.25, 0.3) is 0 Å². The molecule has 266 valence electrons. The molecule has 0 heterocycles. The first-order valence-corrected chi connectivity index (χ1v) is 21.1. The van der Waals surface area contributed by atoms with E-state index in [4.69, 9.17) is 0 Å². The number of allylic oxidation sites excluding steroid dienone is 4. The number of fused-ring (bicyclic) bond motifs is 3. The van der Waals surface area contributed by atoms with Gasteiger partial charge in [-0.25, -0.2) is 0 Å². The summed E-state index contributed by atoms with van der Waals surface area (Å²) < 4.78 is 86.7. The molecule has 7 heteroatoms. The van der Waals surface area contributed by atoms with Gasteiger partial charge in [-0.2, -0.15) is 0 Å². The summed E-state index contributed by atoms with van der Waals surface area (Å²) in [6.45, 7) is 19.5. The molecule has 4 aromatic carbocycles. The summed E-state index contributed by atoms with van der Waals surface area (Å²) in [7, 11) is 0. The van der Waals surface area contributed by atoms with Crippen LogP contribution in [0.3, 0.4) is 0 Å². The average Bonchev–Trinajstić information content (AvgIpc) is 3.63. The van der Waals surface area contributed by atoms with Crippen molar-refractivity contribution in [2.24, 2.45) is 17.3 Å². The van der Waals surface area contributed by atoms with Gasteiger partial charge in [0.2, 0.25) is 0 Å². The van der Waals surface area contributed by atoms with Crippen LogP contribution in [0.2, 0.25) is 0 Å². The Labute approximate surface area is 305 Å². The molecule has 6 rings (SSSR count). The Balaban J connectivity index is 1.79. The number of halogens is 6. The van der Waals surface area contributed by atoms with Crippen molar-refractivity contribution >= 4 is 6.48 Å². The Bertz CT molecular complexity index is 2050. The van der Waals surface area contributed by atoms with E-state index in [0.29, 0.717) is 11.1 Å². The zero-order valence-electron chi connectivity index (χ0n) is 30.6. The van der Waals surface area contributed by atoms with Crippen LogP contribution in [-0.2, 0) is 40.0 Å². The molecule has 2 aliphatic rings. The van der Waals surface area contributed by atoms with Gasteiger partial charge in [0.1, 0.15) is 0 Å². The van der Waals surface area contributed by atoms with Crippen LogP contribution in [0.25, 0.3) is 11.1 Å². The first-order chi connectivity index (χ1) is 23.7.